The summed E-state index contributed by atoms with van der Waals surface area (Å²) < 4.78 is 16.5. The molecule has 1 unspecified atom stereocenters. The van der Waals surface area contributed by atoms with Crippen LogP contribution in [-0.2, 0) is 11.2 Å². The summed E-state index contributed by atoms with van der Waals surface area (Å²) in [5.74, 6) is 1.51. The SMILES string of the molecule is COc1ccc(CCCO)cc1OC1CCOC1. The Kier molecular flexibility index (Phi) is 4.84. The van der Waals surface area contributed by atoms with Gasteiger partial charge in [0.1, 0.15) is 6.10 Å². The number of aliphatic hydroxyl groups is 1. The molecule has 1 fully saturated rings. The van der Waals surface area contributed by atoms with Crippen LogP contribution in [0.4, 0.5) is 0 Å². The first kappa shape index (κ1) is 13.2. The summed E-state index contributed by atoms with van der Waals surface area (Å²) in [6, 6.07) is 5.91. The Balaban J connectivity index is 2.08. The van der Waals surface area contributed by atoms with E-state index in [2.05, 4.69) is 0 Å². The number of aliphatic hydroxyl groups excluding tert-OH is 1. The van der Waals surface area contributed by atoms with Gasteiger partial charge in [0.05, 0.1) is 20.3 Å². The molecule has 1 N–H and O–H groups in total. The van der Waals surface area contributed by atoms with Gasteiger partial charge in [-0.25, -0.2) is 0 Å². The van der Waals surface area contributed by atoms with Crippen LogP contribution in [0.15, 0.2) is 18.2 Å². The van der Waals surface area contributed by atoms with E-state index >= 15 is 0 Å². The minimum atomic E-state index is 0.118. The Hall–Kier alpha value is -1.26. The van der Waals surface area contributed by atoms with Gasteiger partial charge in [0.15, 0.2) is 11.5 Å². The van der Waals surface area contributed by atoms with Crippen LogP contribution in [0, 0.1) is 0 Å². The van der Waals surface area contributed by atoms with Gasteiger partial charge in [0.25, 0.3) is 0 Å². The van der Waals surface area contributed by atoms with Crippen molar-refractivity contribution in [3.8, 4) is 11.5 Å². The maximum absolute atomic E-state index is 8.85. The zero-order chi connectivity index (χ0) is 12.8. The first-order chi connectivity index (χ1) is 8.83. The fraction of sp³-hybridized carbons (Fsp3) is 0.571. The zero-order valence-corrected chi connectivity index (χ0v) is 10.7. The maximum Gasteiger partial charge on any atom is 0.161 e. The monoisotopic (exact) mass is 252 g/mol. The minimum Gasteiger partial charge on any atom is -0.493 e. The van der Waals surface area contributed by atoms with Crippen LogP contribution in [0.3, 0.4) is 0 Å². The van der Waals surface area contributed by atoms with Gasteiger partial charge in [-0.15, -0.1) is 0 Å². The Labute approximate surface area is 107 Å². The predicted molar refractivity (Wildman–Crippen MR) is 68.3 cm³/mol. The summed E-state index contributed by atoms with van der Waals surface area (Å²) in [5.41, 5.74) is 1.15. The van der Waals surface area contributed by atoms with E-state index in [0.29, 0.717) is 6.61 Å². The first-order valence-electron chi connectivity index (χ1n) is 6.35. The highest BCUT2D eigenvalue weighted by Crippen LogP contribution is 2.30. The molecule has 4 nitrogen and oxygen atoms in total. The Morgan fingerprint density at radius 3 is 2.94 bits per heavy atom. The van der Waals surface area contributed by atoms with Crippen LogP contribution in [0.25, 0.3) is 0 Å². The van der Waals surface area contributed by atoms with E-state index in [0.717, 1.165) is 42.9 Å². The first-order valence-corrected chi connectivity index (χ1v) is 6.35. The predicted octanol–water partition coefficient (Wildman–Crippen LogP) is 1.79. The molecule has 0 bridgehead atoms. The smallest absolute Gasteiger partial charge is 0.161 e. The van der Waals surface area contributed by atoms with E-state index in [1.807, 2.05) is 18.2 Å². The third-order valence-electron chi connectivity index (χ3n) is 3.03. The maximum atomic E-state index is 8.85. The fourth-order valence-corrected chi connectivity index (χ4v) is 2.04. The van der Waals surface area contributed by atoms with Crippen molar-refractivity contribution in [2.75, 3.05) is 26.9 Å². The van der Waals surface area contributed by atoms with Gasteiger partial charge in [-0.3, -0.25) is 0 Å². The molecular weight excluding hydrogens is 232 g/mol. The van der Waals surface area contributed by atoms with E-state index < -0.39 is 0 Å². The van der Waals surface area contributed by atoms with Crippen LogP contribution in [0.5, 0.6) is 11.5 Å². The van der Waals surface area contributed by atoms with E-state index in [9.17, 15) is 0 Å². The molecular formula is C14H20O4. The second kappa shape index (κ2) is 6.61. The molecule has 4 heteroatoms. The van der Waals surface area contributed by atoms with E-state index in [1.54, 1.807) is 7.11 Å². The molecule has 0 amide bonds. The molecule has 0 saturated carbocycles. The molecule has 0 aliphatic carbocycles. The molecule has 1 aliphatic rings. The second-order valence-corrected chi connectivity index (χ2v) is 4.42. The molecule has 1 aromatic carbocycles. The van der Waals surface area contributed by atoms with Gasteiger partial charge in [-0.05, 0) is 30.5 Å². The summed E-state index contributed by atoms with van der Waals surface area (Å²) in [4.78, 5) is 0. The van der Waals surface area contributed by atoms with E-state index in [1.165, 1.54) is 0 Å². The topological polar surface area (TPSA) is 47.9 Å². The third kappa shape index (κ3) is 3.37. The number of hydrogen-bond acceptors (Lipinski definition) is 4. The van der Waals surface area contributed by atoms with E-state index in [-0.39, 0.29) is 12.7 Å². The van der Waals surface area contributed by atoms with Crippen LogP contribution in [0.1, 0.15) is 18.4 Å². The van der Waals surface area contributed by atoms with Gasteiger partial charge in [-0.2, -0.15) is 0 Å². The quantitative estimate of drug-likeness (QED) is 0.838. The molecule has 1 aliphatic heterocycles. The van der Waals surface area contributed by atoms with Crippen LogP contribution in [-0.4, -0.2) is 38.1 Å². The molecule has 1 aromatic rings. The van der Waals surface area contributed by atoms with Crippen LogP contribution in [0.2, 0.25) is 0 Å². The fourth-order valence-electron chi connectivity index (χ4n) is 2.04. The van der Waals surface area contributed by atoms with Gasteiger partial charge < -0.3 is 19.3 Å². The molecule has 18 heavy (non-hydrogen) atoms. The molecule has 1 atom stereocenters. The molecule has 0 radical (unpaired) electrons. The van der Waals surface area contributed by atoms with E-state index in [4.69, 9.17) is 19.3 Å². The van der Waals surface area contributed by atoms with Crippen molar-refractivity contribution >= 4 is 0 Å². The summed E-state index contributed by atoms with van der Waals surface area (Å²) >= 11 is 0. The van der Waals surface area contributed by atoms with Crippen molar-refractivity contribution in [3.05, 3.63) is 23.8 Å². The average Bonchev–Trinajstić information content (AvgIpc) is 2.89. The van der Waals surface area contributed by atoms with Gasteiger partial charge in [0.2, 0.25) is 0 Å². The lowest BCUT2D eigenvalue weighted by Crippen LogP contribution is -2.16. The van der Waals surface area contributed by atoms with Gasteiger partial charge in [-0.1, -0.05) is 6.07 Å². The van der Waals surface area contributed by atoms with Crippen molar-refractivity contribution in [3.63, 3.8) is 0 Å². The van der Waals surface area contributed by atoms with Gasteiger partial charge in [0, 0.05) is 13.0 Å². The lowest BCUT2D eigenvalue weighted by molar-refractivity contribution is 0.138. The average molecular weight is 252 g/mol. The normalized spacial score (nSPS) is 18.9. The molecule has 1 saturated heterocycles. The van der Waals surface area contributed by atoms with Crippen molar-refractivity contribution in [2.45, 2.75) is 25.4 Å². The molecule has 0 spiro atoms. The highest BCUT2D eigenvalue weighted by atomic mass is 16.6. The highest BCUT2D eigenvalue weighted by Gasteiger charge is 2.19. The standard InChI is InChI=1S/C14H20O4/c1-16-13-5-4-11(3-2-7-15)9-14(13)18-12-6-8-17-10-12/h4-5,9,12,15H,2-3,6-8,10H2,1H3. The summed E-state index contributed by atoms with van der Waals surface area (Å²) in [6.07, 6.45) is 2.65. The van der Waals surface area contributed by atoms with Crippen molar-refractivity contribution < 1.29 is 19.3 Å². The number of methoxy groups -OCH3 is 1. The Morgan fingerprint density at radius 2 is 2.28 bits per heavy atom. The lowest BCUT2D eigenvalue weighted by Gasteiger charge is -2.16. The highest BCUT2D eigenvalue weighted by molar-refractivity contribution is 5.43. The molecule has 1 heterocycles. The third-order valence-corrected chi connectivity index (χ3v) is 3.03. The van der Waals surface area contributed by atoms with Gasteiger partial charge >= 0.3 is 0 Å². The number of rotatable bonds is 6. The lowest BCUT2D eigenvalue weighted by atomic mass is 10.1. The second-order valence-electron chi connectivity index (χ2n) is 4.42. The number of aryl methyl sites for hydroxylation is 1. The zero-order valence-electron chi connectivity index (χ0n) is 10.7. The number of ether oxygens (including phenoxy) is 3. The minimum absolute atomic E-state index is 0.118. The molecule has 2 rings (SSSR count). The Bertz CT molecular complexity index is 372. The number of benzene rings is 1. The summed E-state index contributed by atoms with van der Waals surface area (Å²) in [7, 11) is 1.64. The van der Waals surface area contributed by atoms with Crippen molar-refractivity contribution in [1.82, 2.24) is 0 Å². The van der Waals surface area contributed by atoms with Crippen LogP contribution >= 0.6 is 0 Å². The summed E-state index contributed by atoms with van der Waals surface area (Å²) in [6.45, 7) is 1.61. The number of hydrogen-bond donors (Lipinski definition) is 1. The Morgan fingerprint density at radius 1 is 1.39 bits per heavy atom. The molecule has 0 aromatic heterocycles. The molecule has 100 valence electrons. The van der Waals surface area contributed by atoms with Crippen LogP contribution < -0.4 is 9.47 Å². The largest absolute Gasteiger partial charge is 0.493 e. The summed E-state index contributed by atoms with van der Waals surface area (Å²) in [5, 5.41) is 8.85. The van der Waals surface area contributed by atoms with Crippen molar-refractivity contribution in [2.24, 2.45) is 0 Å². The van der Waals surface area contributed by atoms with Crippen molar-refractivity contribution in [1.29, 1.82) is 0 Å².